The highest BCUT2D eigenvalue weighted by Crippen LogP contribution is 2.31. The van der Waals surface area contributed by atoms with Gasteiger partial charge in [0.15, 0.2) is 10.9 Å². The number of para-hydroxylation sites is 1. The number of benzene rings is 1. The van der Waals surface area contributed by atoms with Gasteiger partial charge < -0.3 is 10.2 Å². The van der Waals surface area contributed by atoms with Gasteiger partial charge in [-0.3, -0.25) is 4.57 Å². The van der Waals surface area contributed by atoms with Crippen molar-refractivity contribution in [1.29, 1.82) is 5.26 Å². The van der Waals surface area contributed by atoms with Crippen LogP contribution in [0.3, 0.4) is 0 Å². The van der Waals surface area contributed by atoms with E-state index >= 15 is 0 Å². The highest BCUT2D eigenvalue weighted by Gasteiger charge is 2.19. The summed E-state index contributed by atoms with van der Waals surface area (Å²) in [5.74, 6) is 1.28. The predicted molar refractivity (Wildman–Crippen MR) is 94.3 cm³/mol. The van der Waals surface area contributed by atoms with Crippen molar-refractivity contribution in [2.45, 2.75) is 10.3 Å². The molecule has 1 aromatic carbocycles. The van der Waals surface area contributed by atoms with Gasteiger partial charge in [-0.2, -0.15) is 5.26 Å². The Bertz CT molecular complexity index is 1080. The molecule has 3 aromatic heterocycles. The third kappa shape index (κ3) is 2.89. The zero-order valence-electron chi connectivity index (χ0n) is 13.3. The lowest BCUT2D eigenvalue weighted by molar-refractivity contribution is 0.575. The molecule has 3 heterocycles. The van der Waals surface area contributed by atoms with Gasteiger partial charge in [-0.15, -0.1) is 10.2 Å². The van der Waals surface area contributed by atoms with E-state index in [2.05, 4.69) is 20.2 Å². The van der Waals surface area contributed by atoms with E-state index in [1.54, 1.807) is 12.3 Å². The molecule has 0 bridgehead atoms. The molecule has 0 fully saturated rings. The van der Waals surface area contributed by atoms with E-state index in [1.165, 1.54) is 18.0 Å². The molecule has 4 aromatic rings. The summed E-state index contributed by atoms with van der Waals surface area (Å²) in [6.45, 7) is 0. The van der Waals surface area contributed by atoms with E-state index in [1.807, 2.05) is 47.0 Å². The van der Waals surface area contributed by atoms with Crippen LogP contribution in [0.5, 0.6) is 0 Å². The molecular formula is C17H11N7OS. The van der Waals surface area contributed by atoms with Crippen molar-refractivity contribution >= 4 is 17.6 Å². The van der Waals surface area contributed by atoms with Crippen molar-refractivity contribution < 1.29 is 4.42 Å². The summed E-state index contributed by atoms with van der Waals surface area (Å²) in [6, 6.07) is 15.2. The number of nitrogens with two attached hydrogens (primary N) is 1. The summed E-state index contributed by atoms with van der Waals surface area (Å²) < 4.78 is 7.32. The maximum absolute atomic E-state index is 8.95. The van der Waals surface area contributed by atoms with E-state index in [0.717, 1.165) is 5.69 Å². The molecule has 26 heavy (non-hydrogen) atoms. The molecule has 2 N–H and O–H groups in total. The maximum Gasteiger partial charge on any atom is 0.205 e. The standard InChI is InChI=1S/C17H11N7OS/c18-9-11-10-20-16(21-14(11)19)26-17-23-22-15(13-7-4-8-25-13)24(17)12-5-2-1-3-6-12/h1-8,10H,(H2,19,20,21). The van der Waals surface area contributed by atoms with Gasteiger partial charge in [-0.1, -0.05) is 18.2 Å². The third-order valence-electron chi connectivity index (χ3n) is 3.49. The van der Waals surface area contributed by atoms with Crippen LogP contribution in [-0.4, -0.2) is 24.7 Å². The summed E-state index contributed by atoms with van der Waals surface area (Å²) >= 11 is 1.20. The van der Waals surface area contributed by atoms with Crippen LogP contribution in [0.2, 0.25) is 0 Å². The number of hydrogen-bond acceptors (Lipinski definition) is 8. The molecule has 0 aliphatic carbocycles. The summed E-state index contributed by atoms with van der Waals surface area (Å²) in [6.07, 6.45) is 2.97. The average molecular weight is 361 g/mol. The number of furan rings is 1. The number of nitrogen functional groups attached to an aromatic ring is 1. The normalized spacial score (nSPS) is 10.6. The third-order valence-corrected chi connectivity index (χ3v) is 4.31. The van der Waals surface area contributed by atoms with Crippen LogP contribution in [-0.2, 0) is 0 Å². The Morgan fingerprint density at radius 3 is 2.65 bits per heavy atom. The smallest absolute Gasteiger partial charge is 0.205 e. The van der Waals surface area contributed by atoms with Gasteiger partial charge >= 0.3 is 0 Å². The minimum Gasteiger partial charge on any atom is -0.461 e. The van der Waals surface area contributed by atoms with E-state index in [9.17, 15) is 0 Å². The second kappa shape index (κ2) is 6.70. The van der Waals surface area contributed by atoms with Crippen molar-refractivity contribution in [3.05, 3.63) is 60.5 Å². The quantitative estimate of drug-likeness (QED) is 0.551. The van der Waals surface area contributed by atoms with Crippen molar-refractivity contribution in [3.63, 3.8) is 0 Å². The lowest BCUT2D eigenvalue weighted by Gasteiger charge is -2.08. The first-order valence-electron chi connectivity index (χ1n) is 7.51. The van der Waals surface area contributed by atoms with Crippen LogP contribution in [0.25, 0.3) is 17.3 Å². The SMILES string of the molecule is N#Cc1cnc(Sc2nnc(-c3ccco3)n2-c2ccccc2)nc1N. The average Bonchev–Trinajstić information content (AvgIpc) is 3.32. The monoisotopic (exact) mass is 361 g/mol. The lowest BCUT2D eigenvalue weighted by atomic mass is 10.3. The topological polar surface area (TPSA) is 119 Å². The number of nitriles is 1. The van der Waals surface area contributed by atoms with Crippen molar-refractivity contribution in [2.24, 2.45) is 0 Å². The zero-order chi connectivity index (χ0) is 17.9. The van der Waals surface area contributed by atoms with Crippen LogP contribution in [0.1, 0.15) is 5.56 Å². The highest BCUT2D eigenvalue weighted by atomic mass is 32.2. The van der Waals surface area contributed by atoms with Gasteiger partial charge in [-0.05, 0) is 36.0 Å². The van der Waals surface area contributed by atoms with Crippen LogP contribution < -0.4 is 5.73 Å². The molecule has 0 saturated carbocycles. The van der Waals surface area contributed by atoms with Gasteiger partial charge in [0.1, 0.15) is 17.5 Å². The second-order valence-electron chi connectivity index (χ2n) is 5.12. The van der Waals surface area contributed by atoms with Crippen LogP contribution >= 0.6 is 11.8 Å². The molecule has 8 nitrogen and oxygen atoms in total. The van der Waals surface area contributed by atoms with Crippen LogP contribution in [0.15, 0.2) is 69.7 Å². The Hall–Kier alpha value is -3.64. The minimum atomic E-state index is 0.127. The van der Waals surface area contributed by atoms with Crippen molar-refractivity contribution in [2.75, 3.05) is 5.73 Å². The first-order valence-corrected chi connectivity index (χ1v) is 8.33. The molecule has 0 unspecified atom stereocenters. The highest BCUT2D eigenvalue weighted by molar-refractivity contribution is 7.99. The van der Waals surface area contributed by atoms with Gasteiger partial charge in [0.25, 0.3) is 0 Å². The fourth-order valence-electron chi connectivity index (χ4n) is 2.31. The molecule has 0 atom stereocenters. The van der Waals surface area contributed by atoms with Crippen molar-refractivity contribution in [1.82, 2.24) is 24.7 Å². The van der Waals surface area contributed by atoms with Gasteiger partial charge in [0.05, 0.1) is 12.5 Å². The summed E-state index contributed by atoms with van der Waals surface area (Å²) in [4.78, 5) is 8.31. The number of rotatable bonds is 4. The molecule has 0 aliphatic heterocycles. The zero-order valence-corrected chi connectivity index (χ0v) is 14.1. The van der Waals surface area contributed by atoms with E-state index in [-0.39, 0.29) is 11.4 Å². The number of hydrogen-bond donors (Lipinski definition) is 1. The summed E-state index contributed by atoms with van der Waals surface area (Å²) in [7, 11) is 0. The Kier molecular flexibility index (Phi) is 4.09. The summed E-state index contributed by atoms with van der Waals surface area (Å²) in [5, 5.41) is 18.4. The Morgan fingerprint density at radius 2 is 1.96 bits per heavy atom. The molecule has 4 rings (SSSR count). The summed E-state index contributed by atoms with van der Waals surface area (Å²) in [5.41, 5.74) is 6.87. The Balaban J connectivity index is 1.80. The van der Waals surface area contributed by atoms with Crippen molar-refractivity contribution in [3.8, 4) is 23.3 Å². The van der Waals surface area contributed by atoms with Gasteiger partial charge in [0, 0.05) is 5.69 Å². The van der Waals surface area contributed by atoms with E-state index < -0.39 is 0 Å². The van der Waals surface area contributed by atoms with E-state index in [0.29, 0.717) is 21.9 Å². The minimum absolute atomic E-state index is 0.127. The molecular weight excluding hydrogens is 350 g/mol. The fourth-order valence-corrected chi connectivity index (χ4v) is 3.08. The Morgan fingerprint density at radius 1 is 1.12 bits per heavy atom. The van der Waals surface area contributed by atoms with Gasteiger partial charge in [0.2, 0.25) is 11.0 Å². The number of anilines is 1. The molecule has 0 saturated heterocycles. The fraction of sp³-hybridized carbons (Fsp3) is 0. The first kappa shape index (κ1) is 15.9. The second-order valence-corrected chi connectivity index (χ2v) is 6.05. The molecule has 0 aliphatic rings. The number of nitrogens with zero attached hydrogens (tertiary/aromatic N) is 6. The lowest BCUT2D eigenvalue weighted by Crippen LogP contribution is -2.01. The molecule has 126 valence electrons. The van der Waals surface area contributed by atoms with E-state index in [4.69, 9.17) is 15.4 Å². The Labute approximate surface area is 152 Å². The van der Waals surface area contributed by atoms with Crippen LogP contribution in [0, 0.1) is 11.3 Å². The molecule has 9 heteroatoms. The van der Waals surface area contributed by atoms with Crippen LogP contribution in [0.4, 0.5) is 5.82 Å². The molecule has 0 radical (unpaired) electrons. The largest absolute Gasteiger partial charge is 0.461 e. The first-order chi connectivity index (χ1) is 12.8. The van der Waals surface area contributed by atoms with Gasteiger partial charge in [-0.25, -0.2) is 9.97 Å². The molecule has 0 amide bonds. The molecule has 0 spiro atoms. The number of aromatic nitrogens is 5. The maximum atomic E-state index is 8.95. The predicted octanol–water partition coefficient (Wildman–Crippen LogP) is 2.92.